The van der Waals surface area contributed by atoms with Crippen molar-refractivity contribution in [3.63, 3.8) is 0 Å². The van der Waals surface area contributed by atoms with Crippen molar-refractivity contribution in [3.05, 3.63) is 29.2 Å². The number of hydrogen-bond acceptors (Lipinski definition) is 6. The smallest absolute Gasteiger partial charge is 0.197 e. The number of nitriles is 1. The molecule has 0 saturated heterocycles. The average molecular weight is 248 g/mol. The molecular formula is C9H6ClN7. The van der Waals surface area contributed by atoms with Crippen LogP contribution in [0.15, 0.2) is 23.3 Å². The second-order valence-electron chi connectivity index (χ2n) is 2.99. The van der Waals surface area contributed by atoms with Crippen LogP contribution >= 0.6 is 11.6 Å². The number of nitrogens with zero attached hydrogens (tertiary/aromatic N) is 6. The van der Waals surface area contributed by atoms with E-state index >= 15 is 0 Å². The first-order chi connectivity index (χ1) is 8.29. The van der Waals surface area contributed by atoms with Gasteiger partial charge in [-0.05, 0) is 12.1 Å². The van der Waals surface area contributed by atoms with Gasteiger partial charge in [-0.3, -0.25) is 0 Å². The summed E-state index contributed by atoms with van der Waals surface area (Å²) in [5, 5.41) is 22.5. The summed E-state index contributed by atoms with van der Waals surface area (Å²) in [5.41, 5.74) is 0. The molecule has 0 radical (unpaired) electrons. The van der Waals surface area contributed by atoms with E-state index in [1.165, 1.54) is 12.4 Å². The van der Waals surface area contributed by atoms with Gasteiger partial charge in [0.05, 0.1) is 11.1 Å². The molecule has 1 atom stereocenters. The minimum Gasteiger partial charge on any atom is -0.240 e. The lowest BCUT2D eigenvalue weighted by Crippen LogP contribution is -1.99. The largest absolute Gasteiger partial charge is 0.240 e. The summed E-state index contributed by atoms with van der Waals surface area (Å²) in [6, 6.07) is 5.30. The highest BCUT2D eigenvalue weighted by Crippen LogP contribution is 2.13. The molecule has 7 nitrogen and oxygen atoms in total. The van der Waals surface area contributed by atoms with Crippen LogP contribution in [-0.2, 0) is 0 Å². The van der Waals surface area contributed by atoms with Crippen molar-refractivity contribution in [2.75, 3.05) is 0 Å². The molecule has 2 rings (SSSR count). The maximum absolute atomic E-state index is 8.92. The third kappa shape index (κ3) is 2.83. The molecule has 2 aromatic heterocycles. The van der Waals surface area contributed by atoms with Crippen molar-refractivity contribution in [2.45, 2.75) is 5.92 Å². The Balaban J connectivity index is 2.14. The van der Waals surface area contributed by atoms with Gasteiger partial charge >= 0.3 is 0 Å². The number of rotatable bonds is 3. The fourth-order valence-corrected chi connectivity index (χ4v) is 1.17. The summed E-state index contributed by atoms with van der Waals surface area (Å²) in [5.74, 6) is 0.0644. The van der Waals surface area contributed by atoms with Crippen molar-refractivity contribution in [1.29, 1.82) is 5.26 Å². The zero-order valence-corrected chi connectivity index (χ0v) is 9.20. The summed E-state index contributed by atoms with van der Waals surface area (Å²) in [7, 11) is 0. The van der Waals surface area contributed by atoms with Gasteiger partial charge in [0.1, 0.15) is 5.92 Å². The maximum atomic E-state index is 8.92. The number of pyridine rings is 1. The lowest BCUT2D eigenvalue weighted by Gasteiger charge is -1.95. The predicted molar refractivity (Wildman–Crippen MR) is 59.9 cm³/mol. The summed E-state index contributed by atoms with van der Waals surface area (Å²) in [6.07, 6.45) is 2.88. The normalized spacial score (nSPS) is 12.5. The zero-order valence-electron chi connectivity index (χ0n) is 8.45. The first kappa shape index (κ1) is 11.2. The maximum Gasteiger partial charge on any atom is 0.197 e. The molecule has 2 aromatic rings. The van der Waals surface area contributed by atoms with Crippen LogP contribution in [-0.4, -0.2) is 31.8 Å². The summed E-state index contributed by atoms with van der Waals surface area (Å²) < 4.78 is 0. The number of hydrogen-bond donors (Lipinski definition) is 1. The highest BCUT2D eigenvalue weighted by atomic mass is 35.5. The molecule has 17 heavy (non-hydrogen) atoms. The fraction of sp³-hybridized carbons (Fsp3) is 0.111. The number of nitrogens with one attached hydrogen (secondary N) is 1. The van der Waals surface area contributed by atoms with Gasteiger partial charge < -0.3 is 0 Å². The summed E-state index contributed by atoms with van der Waals surface area (Å²) >= 11 is 5.68. The van der Waals surface area contributed by atoms with Gasteiger partial charge in [-0.2, -0.15) is 10.5 Å². The molecule has 0 aliphatic rings. The van der Waals surface area contributed by atoms with Crippen molar-refractivity contribution in [3.8, 4) is 6.07 Å². The Bertz CT molecular complexity index is 540. The molecule has 0 aromatic carbocycles. The number of aromatic nitrogens is 5. The minimum atomic E-state index is -0.661. The summed E-state index contributed by atoms with van der Waals surface area (Å²) in [6.45, 7) is 0. The van der Waals surface area contributed by atoms with Gasteiger partial charge in [0, 0.05) is 12.4 Å². The molecule has 0 spiro atoms. The van der Waals surface area contributed by atoms with Crippen LogP contribution in [0.1, 0.15) is 11.7 Å². The van der Waals surface area contributed by atoms with Crippen molar-refractivity contribution in [2.24, 2.45) is 4.99 Å². The van der Waals surface area contributed by atoms with E-state index in [9.17, 15) is 0 Å². The standard InChI is InChI=1S/C9H6ClN7/c10-7-1-2-8(13-5-7)12-4-6(3-11)9-14-16-17-15-9/h1-2,4-6H,(H,14,15,16,17). The van der Waals surface area contributed by atoms with Gasteiger partial charge in [0.15, 0.2) is 11.6 Å². The van der Waals surface area contributed by atoms with Gasteiger partial charge in [0.2, 0.25) is 0 Å². The van der Waals surface area contributed by atoms with Crippen LogP contribution in [0.2, 0.25) is 5.02 Å². The molecule has 1 N–H and O–H groups in total. The van der Waals surface area contributed by atoms with E-state index in [1.807, 2.05) is 6.07 Å². The Morgan fingerprint density at radius 2 is 2.41 bits per heavy atom. The minimum absolute atomic E-state index is 0.269. The Morgan fingerprint density at radius 1 is 1.53 bits per heavy atom. The molecule has 1 unspecified atom stereocenters. The molecule has 0 aliphatic carbocycles. The Hall–Kier alpha value is -2.33. The van der Waals surface area contributed by atoms with Crippen molar-refractivity contribution >= 4 is 23.6 Å². The molecule has 0 amide bonds. The van der Waals surface area contributed by atoms with E-state index in [2.05, 4.69) is 30.6 Å². The van der Waals surface area contributed by atoms with Crippen LogP contribution in [0.3, 0.4) is 0 Å². The van der Waals surface area contributed by atoms with E-state index in [1.54, 1.807) is 12.1 Å². The first-order valence-corrected chi connectivity index (χ1v) is 4.96. The van der Waals surface area contributed by atoms with E-state index in [4.69, 9.17) is 16.9 Å². The summed E-state index contributed by atoms with van der Waals surface area (Å²) in [4.78, 5) is 8.00. The number of tetrazole rings is 1. The molecule has 0 aliphatic heterocycles. The average Bonchev–Trinajstić information content (AvgIpc) is 2.86. The van der Waals surface area contributed by atoms with E-state index in [0.717, 1.165) is 0 Å². The lowest BCUT2D eigenvalue weighted by molar-refractivity contribution is 0.881. The SMILES string of the molecule is N#CC(C=Nc1ccc(Cl)cn1)c1nn[nH]n1. The Labute approximate surface area is 101 Å². The van der Waals surface area contributed by atoms with Crippen molar-refractivity contribution < 1.29 is 0 Å². The zero-order chi connectivity index (χ0) is 12.1. The molecule has 2 heterocycles. The molecular weight excluding hydrogens is 242 g/mol. The van der Waals surface area contributed by atoms with Crippen LogP contribution < -0.4 is 0 Å². The van der Waals surface area contributed by atoms with Gasteiger partial charge in [-0.15, -0.1) is 10.2 Å². The number of halogens is 1. The van der Waals surface area contributed by atoms with Gasteiger partial charge in [-0.1, -0.05) is 16.8 Å². The van der Waals surface area contributed by atoms with Crippen LogP contribution in [0.25, 0.3) is 0 Å². The second-order valence-corrected chi connectivity index (χ2v) is 3.43. The predicted octanol–water partition coefficient (Wildman–Crippen LogP) is 1.26. The van der Waals surface area contributed by atoms with E-state index in [0.29, 0.717) is 10.8 Å². The topological polar surface area (TPSA) is 103 Å². The third-order valence-electron chi connectivity index (χ3n) is 1.85. The molecule has 8 heteroatoms. The molecule has 84 valence electrons. The Kier molecular flexibility index (Phi) is 3.37. The molecule has 0 fully saturated rings. The molecule has 0 bridgehead atoms. The molecule has 0 saturated carbocycles. The third-order valence-corrected chi connectivity index (χ3v) is 2.07. The van der Waals surface area contributed by atoms with Gasteiger partial charge in [0.25, 0.3) is 0 Å². The highest BCUT2D eigenvalue weighted by molar-refractivity contribution is 6.30. The van der Waals surface area contributed by atoms with E-state index < -0.39 is 5.92 Å². The number of aliphatic imine (C=N–C) groups is 1. The van der Waals surface area contributed by atoms with Gasteiger partial charge in [-0.25, -0.2) is 9.98 Å². The lowest BCUT2D eigenvalue weighted by atomic mass is 10.2. The first-order valence-electron chi connectivity index (χ1n) is 4.58. The quantitative estimate of drug-likeness (QED) is 0.822. The highest BCUT2D eigenvalue weighted by Gasteiger charge is 2.12. The van der Waals surface area contributed by atoms with Crippen LogP contribution in [0.4, 0.5) is 5.82 Å². The second kappa shape index (κ2) is 5.14. The van der Waals surface area contributed by atoms with E-state index in [-0.39, 0.29) is 5.82 Å². The number of H-pyrrole nitrogens is 1. The van der Waals surface area contributed by atoms with Crippen LogP contribution in [0, 0.1) is 11.3 Å². The Morgan fingerprint density at radius 3 is 3.00 bits per heavy atom. The fourth-order valence-electron chi connectivity index (χ4n) is 1.05. The van der Waals surface area contributed by atoms with Crippen LogP contribution in [0.5, 0.6) is 0 Å². The van der Waals surface area contributed by atoms with Crippen molar-refractivity contribution in [1.82, 2.24) is 25.6 Å². The number of aromatic amines is 1. The monoisotopic (exact) mass is 247 g/mol.